The summed E-state index contributed by atoms with van der Waals surface area (Å²) in [5, 5.41) is 14.0. The summed E-state index contributed by atoms with van der Waals surface area (Å²) >= 11 is 0. The van der Waals surface area contributed by atoms with Crippen molar-refractivity contribution in [1.29, 1.82) is 0 Å². The molecule has 0 saturated carbocycles. The second-order valence-electron chi connectivity index (χ2n) is 6.76. The highest BCUT2D eigenvalue weighted by atomic mass is 16.6. The standard InChI is InChI=1S/C21H23N3O8/c1-29-18-11-14(21(26)31-3)16(12-19(18)30-2)22-20(25)15-10-13(24(27)28)4-5-17(15)23-6-8-32-9-7-23/h4-5,10-12H,6-9H2,1-3H3,(H,22,25). The van der Waals surface area contributed by atoms with E-state index in [0.29, 0.717) is 32.0 Å². The number of hydrogen-bond donors (Lipinski definition) is 1. The monoisotopic (exact) mass is 445 g/mol. The van der Waals surface area contributed by atoms with Crippen LogP contribution in [-0.4, -0.2) is 64.4 Å². The van der Waals surface area contributed by atoms with Crippen LogP contribution in [0.2, 0.25) is 0 Å². The first-order chi connectivity index (χ1) is 15.4. The Balaban J connectivity index is 2.05. The third-order valence-corrected chi connectivity index (χ3v) is 4.96. The molecule has 0 atom stereocenters. The van der Waals surface area contributed by atoms with E-state index in [4.69, 9.17) is 18.9 Å². The number of carbonyl (C=O) groups excluding carboxylic acids is 2. The van der Waals surface area contributed by atoms with Gasteiger partial charge in [0.2, 0.25) is 0 Å². The summed E-state index contributed by atoms with van der Waals surface area (Å²) in [6, 6.07) is 6.90. The highest BCUT2D eigenvalue weighted by Crippen LogP contribution is 2.35. The minimum absolute atomic E-state index is 0.0388. The molecule has 0 spiro atoms. The number of hydrogen-bond acceptors (Lipinski definition) is 9. The van der Waals surface area contributed by atoms with Gasteiger partial charge in [-0.25, -0.2) is 4.79 Å². The maximum atomic E-state index is 13.3. The number of amides is 1. The van der Waals surface area contributed by atoms with E-state index in [1.54, 1.807) is 0 Å². The summed E-state index contributed by atoms with van der Waals surface area (Å²) in [5.74, 6) is -0.778. The lowest BCUT2D eigenvalue weighted by Gasteiger charge is -2.30. The number of morpholine rings is 1. The van der Waals surface area contributed by atoms with Crippen molar-refractivity contribution in [1.82, 2.24) is 0 Å². The number of nitro groups is 1. The Morgan fingerprint density at radius 3 is 2.28 bits per heavy atom. The van der Waals surface area contributed by atoms with Crippen LogP contribution in [0.3, 0.4) is 0 Å². The van der Waals surface area contributed by atoms with E-state index in [1.165, 1.54) is 51.7 Å². The molecule has 1 amide bonds. The molecule has 2 aromatic rings. The maximum Gasteiger partial charge on any atom is 0.340 e. The van der Waals surface area contributed by atoms with Gasteiger partial charge in [0.05, 0.1) is 62.0 Å². The normalized spacial score (nSPS) is 13.3. The summed E-state index contributed by atoms with van der Waals surface area (Å²) < 4.78 is 20.6. The lowest BCUT2D eigenvalue weighted by atomic mass is 10.1. The molecule has 0 radical (unpaired) electrons. The third kappa shape index (κ3) is 4.72. The number of non-ortho nitro benzene ring substituents is 1. The third-order valence-electron chi connectivity index (χ3n) is 4.96. The van der Waals surface area contributed by atoms with E-state index in [1.807, 2.05) is 4.90 Å². The minimum atomic E-state index is -0.700. The van der Waals surface area contributed by atoms with Gasteiger partial charge in [-0.2, -0.15) is 0 Å². The summed E-state index contributed by atoms with van der Waals surface area (Å²) in [6.07, 6.45) is 0. The number of anilines is 2. The molecule has 1 aliphatic rings. The number of nitro benzene ring substituents is 1. The Morgan fingerprint density at radius 1 is 1.03 bits per heavy atom. The second kappa shape index (κ2) is 9.96. The molecule has 0 bridgehead atoms. The number of rotatable bonds is 7. The summed E-state index contributed by atoms with van der Waals surface area (Å²) in [7, 11) is 4.04. The van der Waals surface area contributed by atoms with E-state index < -0.39 is 16.8 Å². The Labute approximate surface area is 184 Å². The first-order valence-corrected chi connectivity index (χ1v) is 9.66. The van der Waals surface area contributed by atoms with Crippen LogP contribution in [-0.2, 0) is 9.47 Å². The van der Waals surface area contributed by atoms with E-state index in [2.05, 4.69) is 5.32 Å². The molecule has 1 fully saturated rings. The number of benzene rings is 2. The predicted molar refractivity (Wildman–Crippen MR) is 115 cm³/mol. The molecular weight excluding hydrogens is 422 g/mol. The van der Waals surface area contributed by atoms with Crippen molar-refractivity contribution in [3.8, 4) is 11.5 Å². The number of methoxy groups -OCH3 is 3. The molecule has 3 rings (SSSR count). The van der Waals surface area contributed by atoms with Crippen LogP contribution in [0.1, 0.15) is 20.7 Å². The summed E-state index contributed by atoms with van der Waals surface area (Å²) in [5.41, 5.74) is 0.534. The largest absolute Gasteiger partial charge is 0.493 e. The van der Waals surface area contributed by atoms with E-state index in [0.717, 1.165) is 0 Å². The van der Waals surface area contributed by atoms with Gasteiger partial charge in [-0.05, 0) is 6.07 Å². The molecule has 32 heavy (non-hydrogen) atoms. The molecule has 0 aromatic heterocycles. The fourth-order valence-corrected chi connectivity index (χ4v) is 3.35. The van der Waals surface area contributed by atoms with Crippen molar-refractivity contribution in [2.24, 2.45) is 0 Å². The van der Waals surface area contributed by atoms with Crippen LogP contribution in [0.4, 0.5) is 17.1 Å². The van der Waals surface area contributed by atoms with E-state index >= 15 is 0 Å². The summed E-state index contributed by atoms with van der Waals surface area (Å²) in [4.78, 5) is 38.2. The quantitative estimate of drug-likeness (QED) is 0.388. The molecule has 2 aromatic carbocycles. The van der Waals surface area contributed by atoms with Gasteiger partial charge >= 0.3 is 5.97 Å². The van der Waals surface area contributed by atoms with Crippen molar-refractivity contribution < 1.29 is 33.5 Å². The van der Waals surface area contributed by atoms with Gasteiger partial charge in [0.25, 0.3) is 11.6 Å². The Hall–Kier alpha value is -3.86. The molecule has 0 aliphatic carbocycles. The zero-order valence-corrected chi connectivity index (χ0v) is 17.9. The van der Waals surface area contributed by atoms with Gasteiger partial charge in [-0.15, -0.1) is 0 Å². The van der Waals surface area contributed by atoms with Crippen LogP contribution in [0, 0.1) is 10.1 Å². The highest BCUT2D eigenvalue weighted by molar-refractivity contribution is 6.11. The zero-order chi connectivity index (χ0) is 23.3. The highest BCUT2D eigenvalue weighted by Gasteiger charge is 2.25. The van der Waals surface area contributed by atoms with Crippen LogP contribution in [0.25, 0.3) is 0 Å². The number of esters is 1. The maximum absolute atomic E-state index is 13.3. The van der Waals surface area contributed by atoms with Gasteiger partial charge in [0, 0.05) is 37.4 Å². The Morgan fingerprint density at radius 2 is 1.69 bits per heavy atom. The number of nitrogens with zero attached hydrogens (tertiary/aromatic N) is 2. The molecule has 1 N–H and O–H groups in total. The van der Waals surface area contributed by atoms with Gasteiger partial charge in [0.1, 0.15) is 0 Å². The molecule has 170 valence electrons. The van der Waals surface area contributed by atoms with Crippen molar-refractivity contribution in [2.75, 3.05) is 57.8 Å². The zero-order valence-electron chi connectivity index (χ0n) is 17.9. The molecule has 1 saturated heterocycles. The van der Waals surface area contributed by atoms with Crippen LogP contribution >= 0.6 is 0 Å². The number of nitrogens with one attached hydrogen (secondary N) is 1. The Kier molecular flexibility index (Phi) is 7.11. The fraction of sp³-hybridized carbons (Fsp3) is 0.333. The van der Waals surface area contributed by atoms with Gasteiger partial charge in [-0.1, -0.05) is 0 Å². The van der Waals surface area contributed by atoms with Crippen molar-refractivity contribution in [3.63, 3.8) is 0 Å². The molecule has 0 unspecified atom stereocenters. The fourth-order valence-electron chi connectivity index (χ4n) is 3.35. The van der Waals surface area contributed by atoms with Crippen LogP contribution in [0.5, 0.6) is 11.5 Å². The average molecular weight is 445 g/mol. The number of ether oxygens (including phenoxy) is 4. The molecule has 11 nitrogen and oxygen atoms in total. The van der Waals surface area contributed by atoms with Gasteiger partial charge in [0.15, 0.2) is 11.5 Å². The van der Waals surface area contributed by atoms with Crippen molar-refractivity contribution in [3.05, 3.63) is 51.6 Å². The first kappa shape index (κ1) is 22.8. The second-order valence-corrected chi connectivity index (χ2v) is 6.76. The summed E-state index contributed by atoms with van der Waals surface area (Å²) in [6.45, 7) is 2.00. The minimum Gasteiger partial charge on any atom is -0.493 e. The van der Waals surface area contributed by atoms with Crippen LogP contribution < -0.4 is 19.7 Å². The van der Waals surface area contributed by atoms with Gasteiger partial charge < -0.3 is 29.2 Å². The predicted octanol–water partition coefficient (Wildman–Crippen LogP) is 2.49. The van der Waals surface area contributed by atoms with Crippen molar-refractivity contribution in [2.45, 2.75) is 0 Å². The lowest BCUT2D eigenvalue weighted by molar-refractivity contribution is -0.384. The average Bonchev–Trinajstić information content (AvgIpc) is 2.83. The molecule has 1 aliphatic heterocycles. The van der Waals surface area contributed by atoms with Crippen LogP contribution in [0.15, 0.2) is 30.3 Å². The first-order valence-electron chi connectivity index (χ1n) is 9.66. The molecule has 11 heteroatoms. The topological polar surface area (TPSA) is 129 Å². The van der Waals surface area contributed by atoms with Crippen molar-refractivity contribution >= 4 is 28.9 Å². The Bertz CT molecular complexity index is 1030. The van der Waals surface area contributed by atoms with E-state index in [-0.39, 0.29) is 34.0 Å². The lowest BCUT2D eigenvalue weighted by Crippen LogP contribution is -2.37. The number of carbonyl (C=O) groups is 2. The van der Waals surface area contributed by atoms with Gasteiger partial charge in [-0.3, -0.25) is 14.9 Å². The van der Waals surface area contributed by atoms with E-state index in [9.17, 15) is 19.7 Å². The smallest absolute Gasteiger partial charge is 0.340 e. The molecular formula is C21H23N3O8. The SMILES string of the molecule is COC(=O)c1cc(OC)c(OC)cc1NC(=O)c1cc([N+](=O)[O-])ccc1N1CCOCC1. The molecule has 1 heterocycles.